The maximum absolute atomic E-state index is 13.4. The third-order valence-electron chi connectivity index (χ3n) is 5.56. The maximum atomic E-state index is 13.4. The summed E-state index contributed by atoms with van der Waals surface area (Å²) in [6.07, 6.45) is 2.99. The monoisotopic (exact) mass is 511 g/mol. The summed E-state index contributed by atoms with van der Waals surface area (Å²) in [5, 5.41) is 18.4. The second-order valence-electron chi connectivity index (χ2n) is 7.79. The summed E-state index contributed by atoms with van der Waals surface area (Å²) in [7, 11) is 0. The Morgan fingerprint density at radius 1 is 1.24 bits per heavy atom. The number of anilines is 1. The number of fused-ring (bicyclic) bond motifs is 3. The zero-order valence-corrected chi connectivity index (χ0v) is 19.5. The van der Waals surface area contributed by atoms with E-state index in [2.05, 4.69) is 15.2 Å². The van der Waals surface area contributed by atoms with Gasteiger partial charge in [0.2, 0.25) is 0 Å². The maximum Gasteiger partial charge on any atom is 0.412 e. The van der Waals surface area contributed by atoms with Crippen molar-refractivity contribution in [1.29, 1.82) is 0 Å². The van der Waals surface area contributed by atoms with Crippen LogP contribution < -0.4 is 5.32 Å². The van der Waals surface area contributed by atoms with E-state index in [1.807, 2.05) is 0 Å². The lowest BCUT2D eigenvalue weighted by Crippen LogP contribution is -2.49. The van der Waals surface area contributed by atoms with Gasteiger partial charge in [-0.15, -0.1) is 11.3 Å². The van der Waals surface area contributed by atoms with Crippen molar-refractivity contribution < 1.29 is 33.7 Å². The van der Waals surface area contributed by atoms with Gasteiger partial charge in [-0.1, -0.05) is 17.7 Å². The molecule has 2 aromatic rings. The Balaban J connectivity index is 0.000000350. The molecule has 182 valence electrons. The van der Waals surface area contributed by atoms with Crippen LogP contribution in [0.15, 0.2) is 35.9 Å². The predicted molar refractivity (Wildman–Crippen MR) is 125 cm³/mol. The molecule has 1 amide bonds. The highest BCUT2D eigenvalue weighted by Crippen LogP contribution is 2.34. The molecule has 3 fully saturated rings. The van der Waals surface area contributed by atoms with Crippen LogP contribution in [0.4, 0.5) is 15.0 Å². The minimum Gasteiger partial charge on any atom is -0.478 e. The first-order valence-corrected chi connectivity index (χ1v) is 11.7. The van der Waals surface area contributed by atoms with Crippen molar-refractivity contribution in [2.75, 3.05) is 31.6 Å². The van der Waals surface area contributed by atoms with Crippen molar-refractivity contribution in [3.05, 3.63) is 46.7 Å². The number of rotatable bonds is 6. The van der Waals surface area contributed by atoms with Crippen LogP contribution in [0.2, 0.25) is 5.02 Å². The zero-order chi connectivity index (χ0) is 24.7. The van der Waals surface area contributed by atoms with Gasteiger partial charge >= 0.3 is 18.0 Å². The molecule has 1 aromatic carbocycles. The summed E-state index contributed by atoms with van der Waals surface area (Å²) in [6.45, 7) is 3.76. The minimum atomic E-state index is -1.26. The Kier molecular flexibility index (Phi) is 8.97. The average molecular weight is 512 g/mol. The van der Waals surface area contributed by atoms with Gasteiger partial charge in [0, 0.05) is 24.6 Å². The van der Waals surface area contributed by atoms with Crippen LogP contribution in [0.1, 0.15) is 12.8 Å². The van der Waals surface area contributed by atoms with E-state index in [0.29, 0.717) is 46.9 Å². The number of hydrogen-bond donors (Lipinski definition) is 3. The smallest absolute Gasteiger partial charge is 0.412 e. The molecule has 0 radical (unpaired) electrons. The molecular weight excluding hydrogens is 489 g/mol. The Hall–Kier alpha value is -3.02. The number of aromatic nitrogens is 1. The first-order valence-electron chi connectivity index (χ1n) is 10.4. The molecular formula is C22H23ClFN3O6S. The van der Waals surface area contributed by atoms with Gasteiger partial charge in [0.25, 0.3) is 0 Å². The molecule has 3 aliphatic heterocycles. The molecule has 34 heavy (non-hydrogen) atoms. The summed E-state index contributed by atoms with van der Waals surface area (Å²) in [6, 6.07) is 4.43. The highest BCUT2D eigenvalue weighted by molar-refractivity contribution is 7.13. The van der Waals surface area contributed by atoms with Gasteiger partial charge < -0.3 is 19.8 Å². The van der Waals surface area contributed by atoms with Gasteiger partial charge in [0.1, 0.15) is 5.82 Å². The number of ether oxygens (including phenoxy) is 1. The Labute approximate surface area is 203 Å². The molecule has 0 saturated carbocycles. The number of piperidine rings is 3. The Bertz CT molecular complexity index is 1050. The third-order valence-corrected chi connectivity index (χ3v) is 6.72. The number of amides is 1. The van der Waals surface area contributed by atoms with Crippen molar-refractivity contribution in [3.63, 3.8) is 0 Å². The number of carboxylic acids is 2. The third kappa shape index (κ3) is 7.24. The van der Waals surface area contributed by atoms with Gasteiger partial charge in [-0.05, 0) is 49.5 Å². The number of nitrogens with zero attached hydrogens (tertiary/aromatic N) is 2. The van der Waals surface area contributed by atoms with Crippen LogP contribution >= 0.6 is 22.9 Å². The molecule has 3 saturated heterocycles. The minimum absolute atomic E-state index is 0.0341. The lowest BCUT2D eigenvalue weighted by Gasteiger charge is -2.44. The lowest BCUT2D eigenvalue weighted by atomic mass is 9.79. The van der Waals surface area contributed by atoms with E-state index in [-0.39, 0.29) is 5.02 Å². The summed E-state index contributed by atoms with van der Waals surface area (Å²) < 4.78 is 18.8. The fraction of sp³-hybridized carbons (Fsp3) is 0.364. The molecule has 3 aliphatic rings. The van der Waals surface area contributed by atoms with Gasteiger partial charge in [0.05, 0.1) is 22.0 Å². The van der Waals surface area contributed by atoms with Crippen LogP contribution in [0, 0.1) is 17.7 Å². The number of carbonyl (C=O) groups excluding carboxylic acids is 1. The van der Waals surface area contributed by atoms with Gasteiger partial charge in [-0.2, -0.15) is 0 Å². The molecule has 12 heteroatoms. The van der Waals surface area contributed by atoms with Crippen LogP contribution in [0.3, 0.4) is 0 Å². The van der Waals surface area contributed by atoms with Crippen molar-refractivity contribution in [1.82, 2.24) is 9.88 Å². The highest BCUT2D eigenvalue weighted by Gasteiger charge is 2.34. The van der Waals surface area contributed by atoms with Crippen LogP contribution in [0.5, 0.6) is 0 Å². The first-order chi connectivity index (χ1) is 16.2. The zero-order valence-electron chi connectivity index (χ0n) is 17.9. The lowest BCUT2D eigenvalue weighted by molar-refractivity contribution is -0.134. The number of halogens is 2. The van der Waals surface area contributed by atoms with E-state index in [1.165, 1.54) is 36.3 Å². The normalized spacial score (nSPS) is 20.9. The number of hydrogen-bond acceptors (Lipinski definition) is 7. The largest absolute Gasteiger partial charge is 0.478 e. The van der Waals surface area contributed by atoms with E-state index < -0.39 is 23.8 Å². The first kappa shape index (κ1) is 25.6. The van der Waals surface area contributed by atoms with Crippen molar-refractivity contribution in [3.8, 4) is 10.4 Å². The summed E-state index contributed by atoms with van der Waals surface area (Å²) in [5.41, 5.74) is 2.32. The van der Waals surface area contributed by atoms with Gasteiger partial charge in [0.15, 0.2) is 5.82 Å². The van der Waals surface area contributed by atoms with Crippen molar-refractivity contribution in [2.24, 2.45) is 11.8 Å². The van der Waals surface area contributed by atoms with E-state index >= 15 is 0 Å². The van der Waals surface area contributed by atoms with Crippen LogP contribution in [-0.2, 0) is 14.3 Å². The second kappa shape index (κ2) is 11.9. The number of nitrogens with one attached hydrogen (secondary N) is 1. The molecule has 1 atom stereocenters. The number of benzene rings is 1. The number of carbonyl (C=O) groups is 3. The van der Waals surface area contributed by atoms with Gasteiger partial charge in [-0.3, -0.25) is 5.32 Å². The molecule has 1 aromatic heterocycles. The molecule has 1 unspecified atom stereocenters. The Morgan fingerprint density at radius 2 is 1.91 bits per heavy atom. The molecule has 2 bridgehead atoms. The fourth-order valence-electron chi connectivity index (χ4n) is 3.91. The number of aliphatic carboxylic acids is 2. The molecule has 0 spiro atoms. The molecule has 9 nitrogen and oxygen atoms in total. The molecule has 4 heterocycles. The summed E-state index contributed by atoms with van der Waals surface area (Å²) in [4.78, 5) is 38.6. The predicted octanol–water partition coefficient (Wildman–Crippen LogP) is 4.20. The standard InChI is InChI=1S/C18H19ClFN3O2S.C4H4O4/c19-14-7-12(1-2-15(14)20)16-17(21-10-26-16)22-18(24)25-9-13-8-23-5-3-11(13)4-6-23;5-3(6)1-2-4(7)8/h1-2,7,10-11,13H,3-6,8-9H2,(H,22,24);1-2H,(H,5,6)(H,7,8)/b;2-1+. The topological polar surface area (TPSA) is 129 Å². The van der Waals surface area contributed by atoms with E-state index in [0.717, 1.165) is 19.6 Å². The average Bonchev–Trinajstić information content (AvgIpc) is 3.27. The highest BCUT2D eigenvalue weighted by atomic mass is 35.5. The molecule has 5 rings (SSSR count). The van der Waals surface area contributed by atoms with Crippen LogP contribution in [-0.4, -0.2) is 64.4 Å². The summed E-state index contributed by atoms with van der Waals surface area (Å²) >= 11 is 7.19. The number of thiazole rings is 1. The number of carboxylic acid groups (broad SMARTS) is 2. The van der Waals surface area contributed by atoms with Crippen LogP contribution in [0.25, 0.3) is 10.4 Å². The molecule has 3 N–H and O–H groups in total. The SMILES string of the molecule is O=C(Nc1ncsc1-c1ccc(F)c(Cl)c1)OCC1CN2CCC1CC2.O=C(O)/C=C/C(=O)O. The van der Waals surface area contributed by atoms with E-state index in [9.17, 15) is 18.8 Å². The van der Waals surface area contributed by atoms with Crippen molar-refractivity contribution >= 4 is 46.8 Å². The fourth-order valence-corrected chi connectivity index (χ4v) is 4.83. The van der Waals surface area contributed by atoms with E-state index in [4.69, 9.17) is 26.6 Å². The van der Waals surface area contributed by atoms with Gasteiger partial charge in [-0.25, -0.2) is 23.8 Å². The molecule has 0 aliphatic carbocycles. The summed E-state index contributed by atoms with van der Waals surface area (Å²) in [5.74, 6) is -1.53. The quantitative estimate of drug-likeness (QED) is 0.492. The van der Waals surface area contributed by atoms with E-state index in [1.54, 1.807) is 11.6 Å². The second-order valence-corrected chi connectivity index (χ2v) is 9.05. The van der Waals surface area contributed by atoms with Crippen molar-refractivity contribution in [2.45, 2.75) is 12.8 Å². The Morgan fingerprint density at radius 3 is 2.47 bits per heavy atom.